The molecule has 0 aromatic heterocycles. The van der Waals surface area contributed by atoms with E-state index < -0.39 is 0 Å². The lowest BCUT2D eigenvalue weighted by molar-refractivity contribution is 0.0825. The van der Waals surface area contributed by atoms with Crippen LogP contribution in [0.1, 0.15) is 41.6 Å². The first kappa shape index (κ1) is 20.2. The van der Waals surface area contributed by atoms with E-state index in [1.54, 1.807) is 26.4 Å². The minimum atomic E-state index is -0.0912. The van der Waals surface area contributed by atoms with Crippen LogP contribution in [0.25, 0.3) is 0 Å². The number of halogens is 1. The zero-order valence-corrected chi connectivity index (χ0v) is 18.4. The van der Waals surface area contributed by atoms with Gasteiger partial charge in [0, 0.05) is 29.1 Å². The lowest BCUT2D eigenvalue weighted by Crippen LogP contribution is -2.50. The number of para-hydroxylation sites is 1. The van der Waals surface area contributed by atoms with E-state index in [0.29, 0.717) is 29.1 Å². The summed E-state index contributed by atoms with van der Waals surface area (Å²) in [7, 11) is 3.15. The van der Waals surface area contributed by atoms with Gasteiger partial charge in [-0.15, -0.1) is 0 Å². The van der Waals surface area contributed by atoms with Crippen molar-refractivity contribution < 1.29 is 14.3 Å². The molecule has 1 N–H and O–H groups in total. The number of ether oxygens (including phenoxy) is 2. The standard InChI is InChI=1S/C23H27BrN2O3/c1-28-21-5-3-4-20(22(21)29-2)23(27)25-17-12-18-10-11-19(13-17)26(18)14-15-6-8-16(24)9-7-15/h3-9,17-19H,10-14H2,1-2H3,(H,25,27). The Balaban J connectivity index is 1.41. The van der Waals surface area contributed by atoms with Gasteiger partial charge in [0.25, 0.3) is 5.91 Å². The number of piperidine rings is 1. The summed E-state index contributed by atoms with van der Waals surface area (Å²) < 4.78 is 11.9. The number of fused-ring (bicyclic) bond motifs is 2. The molecule has 2 bridgehead atoms. The summed E-state index contributed by atoms with van der Waals surface area (Å²) in [5, 5.41) is 3.25. The Morgan fingerprint density at radius 3 is 2.38 bits per heavy atom. The summed E-state index contributed by atoms with van der Waals surface area (Å²) in [5.41, 5.74) is 1.87. The van der Waals surface area contributed by atoms with E-state index in [1.807, 2.05) is 6.07 Å². The second-order valence-electron chi connectivity index (χ2n) is 7.87. The number of hydrogen-bond acceptors (Lipinski definition) is 4. The van der Waals surface area contributed by atoms with Gasteiger partial charge in [-0.05, 0) is 55.5 Å². The van der Waals surface area contributed by atoms with Crippen molar-refractivity contribution in [3.05, 3.63) is 58.1 Å². The van der Waals surface area contributed by atoms with Gasteiger partial charge in [0.15, 0.2) is 11.5 Å². The van der Waals surface area contributed by atoms with Crippen molar-refractivity contribution in [1.82, 2.24) is 10.2 Å². The number of carbonyl (C=O) groups is 1. The first-order valence-corrected chi connectivity index (χ1v) is 10.9. The number of nitrogens with one attached hydrogen (secondary N) is 1. The molecular weight excluding hydrogens is 432 g/mol. The summed E-state index contributed by atoms with van der Waals surface area (Å²) in [6, 6.07) is 15.2. The fourth-order valence-corrected chi connectivity index (χ4v) is 5.04. The zero-order valence-electron chi connectivity index (χ0n) is 16.9. The van der Waals surface area contributed by atoms with Crippen molar-refractivity contribution in [2.24, 2.45) is 0 Å². The summed E-state index contributed by atoms with van der Waals surface area (Å²) in [4.78, 5) is 15.6. The van der Waals surface area contributed by atoms with Gasteiger partial charge in [-0.2, -0.15) is 0 Å². The highest BCUT2D eigenvalue weighted by Crippen LogP contribution is 2.37. The van der Waals surface area contributed by atoms with Crippen LogP contribution in [-0.4, -0.2) is 43.2 Å². The molecule has 29 heavy (non-hydrogen) atoms. The highest BCUT2D eigenvalue weighted by atomic mass is 79.9. The van der Waals surface area contributed by atoms with E-state index in [9.17, 15) is 4.79 Å². The predicted octanol–water partition coefficient (Wildman–Crippen LogP) is 4.39. The molecule has 2 atom stereocenters. The number of carbonyl (C=O) groups excluding carboxylic acids is 1. The quantitative estimate of drug-likeness (QED) is 0.696. The van der Waals surface area contributed by atoms with E-state index >= 15 is 0 Å². The molecule has 2 aromatic carbocycles. The number of rotatable bonds is 6. The number of amides is 1. The Morgan fingerprint density at radius 2 is 1.76 bits per heavy atom. The number of hydrogen-bond donors (Lipinski definition) is 1. The minimum Gasteiger partial charge on any atom is -0.493 e. The van der Waals surface area contributed by atoms with Crippen LogP contribution in [0.3, 0.4) is 0 Å². The number of nitrogens with zero attached hydrogens (tertiary/aromatic N) is 1. The van der Waals surface area contributed by atoms with Crippen LogP contribution in [0, 0.1) is 0 Å². The SMILES string of the molecule is COc1cccc(C(=O)NC2CC3CCC(C2)N3Cc2ccc(Br)cc2)c1OC. The fraction of sp³-hybridized carbons (Fsp3) is 0.435. The van der Waals surface area contributed by atoms with Crippen molar-refractivity contribution in [2.75, 3.05) is 14.2 Å². The molecule has 2 saturated heterocycles. The topological polar surface area (TPSA) is 50.8 Å². The van der Waals surface area contributed by atoms with Gasteiger partial charge in [-0.3, -0.25) is 9.69 Å². The van der Waals surface area contributed by atoms with Crippen LogP contribution in [0.15, 0.2) is 46.9 Å². The summed E-state index contributed by atoms with van der Waals surface area (Å²) in [6.07, 6.45) is 4.39. The molecule has 0 aliphatic carbocycles. The van der Waals surface area contributed by atoms with Gasteiger partial charge < -0.3 is 14.8 Å². The fourth-order valence-electron chi connectivity index (χ4n) is 4.78. The molecule has 2 unspecified atom stereocenters. The van der Waals surface area contributed by atoms with E-state index in [1.165, 1.54) is 18.4 Å². The molecule has 2 aromatic rings. The van der Waals surface area contributed by atoms with E-state index in [4.69, 9.17) is 9.47 Å². The Morgan fingerprint density at radius 1 is 1.07 bits per heavy atom. The molecule has 0 spiro atoms. The van der Waals surface area contributed by atoms with E-state index in [-0.39, 0.29) is 11.9 Å². The molecule has 2 aliphatic heterocycles. The average Bonchev–Trinajstić information content (AvgIpc) is 2.96. The van der Waals surface area contributed by atoms with Crippen LogP contribution in [0.2, 0.25) is 0 Å². The van der Waals surface area contributed by atoms with Crippen molar-refractivity contribution in [3.8, 4) is 11.5 Å². The molecule has 4 rings (SSSR count). The second-order valence-corrected chi connectivity index (χ2v) is 8.78. The van der Waals surface area contributed by atoms with Gasteiger partial charge in [0.05, 0.1) is 19.8 Å². The number of methoxy groups -OCH3 is 2. The second kappa shape index (κ2) is 8.76. The smallest absolute Gasteiger partial charge is 0.255 e. The van der Waals surface area contributed by atoms with Gasteiger partial charge in [-0.1, -0.05) is 34.1 Å². The first-order valence-electron chi connectivity index (χ1n) is 10.1. The predicted molar refractivity (Wildman–Crippen MR) is 117 cm³/mol. The third-order valence-electron chi connectivity index (χ3n) is 6.15. The van der Waals surface area contributed by atoms with E-state index in [0.717, 1.165) is 23.9 Å². The van der Waals surface area contributed by atoms with Crippen molar-refractivity contribution in [2.45, 2.75) is 50.4 Å². The largest absolute Gasteiger partial charge is 0.493 e. The van der Waals surface area contributed by atoms with Crippen molar-refractivity contribution >= 4 is 21.8 Å². The van der Waals surface area contributed by atoms with Crippen LogP contribution < -0.4 is 14.8 Å². The Hall–Kier alpha value is -2.05. The van der Waals surface area contributed by atoms with E-state index in [2.05, 4.69) is 50.4 Å². The molecule has 1 amide bonds. The lowest BCUT2D eigenvalue weighted by Gasteiger charge is -2.39. The first-order chi connectivity index (χ1) is 14.1. The molecule has 0 radical (unpaired) electrons. The third-order valence-corrected chi connectivity index (χ3v) is 6.67. The monoisotopic (exact) mass is 458 g/mol. The highest BCUT2D eigenvalue weighted by molar-refractivity contribution is 9.10. The maximum absolute atomic E-state index is 12.9. The van der Waals surface area contributed by atoms with Crippen molar-refractivity contribution in [1.29, 1.82) is 0 Å². The lowest BCUT2D eigenvalue weighted by atomic mass is 9.96. The highest BCUT2D eigenvalue weighted by Gasteiger charge is 2.41. The Bertz CT molecular complexity index is 857. The normalized spacial score (nSPS) is 23.6. The van der Waals surface area contributed by atoms with Crippen LogP contribution >= 0.6 is 15.9 Å². The van der Waals surface area contributed by atoms with Crippen molar-refractivity contribution in [3.63, 3.8) is 0 Å². The van der Waals surface area contributed by atoms with Crippen LogP contribution in [0.5, 0.6) is 11.5 Å². The van der Waals surface area contributed by atoms with Gasteiger partial charge in [0.2, 0.25) is 0 Å². The Kier molecular flexibility index (Phi) is 6.11. The maximum atomic E-state index is 12.9. The van der Waals surface area contributed by atoms with Gasteiger partial charge in [-0.25, -0.2) is 0 Å². The summed E-state index contributed by atoms with van der Waals surface area (Å²) in [5.74, 6) is 0.971. The van der Waals surface area contributed by atoms with Crippen LogP contribution in [0.4, 0.5) is 0 Å². The molecule has 2 heterocycles. The summed E-state index contributed by atoms with van der Waals surface area (Å²) >= 11 is 3.51. The molecule has 0 saturated carbocycles. The van der Waals surface area contributed by atoms with Gasteiger partial charge >= 0.3 is 0 Å². The summed E-state index contributed by atoms with van der Waals surface area (Å²) in [6.45, 7) is 0.979. The Labute approximate surface area is 180 Å². The molecule has 154 valence electrons. The molecule has 2 fully saturated rings. The molecular formula is C23H27BrN2O3. The maximum Gasteiger partial charge on any atom is 0.255 e. The minimum absolute atomic E-state index is 0.0912. The molecule has 2 aliphatic rings. The van der Waals surface area contributed by atoms with Gasteiger partial charge in [0.1, 0.15) is 0 Å². The average molecular weight is 459 g/mol. The molecule has 6 heteroatoms. The zero-order chi connectivity index (χ0) is 20.4. The molecule has 5 nitrogen and oxygen atoms in total. The number of benzene rings is 2. The third kappa shape index (κ3) is 4.28. The van der Waals surface area contributed by atoms with Crippen LogP contribution in [-0.2, 0) is 6.54 Å².